The van der Waals surface area contributed by atoms with E-state index in [1.807, 2.05) is 19.1 Å². The molecule has 1 aromatic carbocycles. The first-order valence-electron chi connectivity index (χ1n) is 4.97. The standard InChI is InChI=1S/C11H14N2O2/c1-7-4-8(2-3-12)11-9(5-7)13-10(14)6-15-11/h4-5H,2-3,6,12H2,1H3,(H,13,14). The number of rotatable bonds is 2. The average Bonchev–Trinajstić information content (AvgIpc) is 2.17. The van der Waals surface area contributed by atoms with Gasteiger partial charge in [0.15, 0.2) is 6.61 Å². The van der Waals surface area contributed by atoms with Gasteiger partial charge in [0.25, 0.3) is 5.91 Å². The number of carbonyl (C=O) groups excluding carboxylic acids is 1. The third kappa shape index (κ3) is 1.94. The molecule has 80 valence electrons. The van der Waals surface area contributed by atoms with Crippen LogP contribution >= 0.6 is 0 Å². The molecule has 0 saturated heterocycles. The quantitative estimate of drug-likeness (QED) is 0.753. The topological polar surface area (TPSA) is 64.3 Å². The fraction of sp³-hybridized carbons (Fsp3) is 0.364. The normalized spacial score (nSPS) is 14.1. The zero-order valence-electron chi connectivity index (χ0n) is 8.67. The molecule has 2 rings (SSSR count). The van der Waals surface area contributed by atoms with Crippen molar-refractivity contribution in [2.45, 2.75) is 13.3 Å². The highest BCUT2D eigenvalue weighted by atomic mass is 16.5. The van der Waals surface area contributed by atoms with Crippen molar-refractivity contribution in [3.05, 3.63) is 23.3 Å². The molecule has 1 aromatic rings. The Kier molecular flexibility index (Phi) is 2.60. The summed E-state index contributed by atoms with van der Waals surface area (Å²) < 4.78 is 5.41. The fourth-order valence-corrected chi connectivity index (χ4v) is 1.78. The number of ether oxygens (including phenoxy) is 1. The van der Waals surface area contributed by atoms with Gasteiger partial charge in [-0.05, 0) is 37.1 Å². The largest absolute Gasteiger partial charge is 0.481 e. The van der Waals surface area contributed by atoms with Crippen molar-refractivity contribution in [3.8, 4) is 5.75 Å². The van der Waals surface area contributed by atoms with Gasteiger partial charge in [0.05, 0.1) is 5.69 Å². The van der Waals surface area contributed by atoms with Gasteiger partial charge in [0.2, 0.25) is 0 Å². The Morgan fingerprint density at radius 1 is 1.53 bits per heavy atom. The molecule has 0 fully saturated rings. The molecule has 0 spiro atoms. The van der Waals surface area contributed by atoms with Crippen LogP contribution in [0.5, 0.6) is 5.75 Å². The lowest BCUT2D eigenvalue weighted by molar-refractivity contribution is -0.118. The van der Waals surface area contributed by atoms with Crippen LogP contribution in [0.25, 0.3) is 0 Å². The van der Waals surface area contributed by atoms with E-state index < -0.39 is 0 Å². The van der Waals surface area contributed by atoms with Crippen LogP contribution in [-0.4, -0.2) is 19.1 Å². The van der Waals surface area contributed by atoms with Gasteiger partial charge < -0.3 is 15.8 Å². The van der Waals surface area contributed by atoms with E-state index in [4.69, 9.17) is 10.5 Å². The van der Waals surface area contributed by atoms with Crippen molar-refractivity contribution in [2.24, 2.45) is 5.73 Å². The molecule has 1 amide bonds. The molecule has 0 atom stereocenters. The van der Waals surface area contributed by atoms with Crippen LogP contribution < -0.4 is 15.8 Å². The third-order valence-electron chi connectivity index (χ3n) is 2.35. The molecule has 0 aromatic heterocycles. The maximum atomic E-state index is 11.1. The number of anilines is 1. The average molecular weight is 206 g/mol. The van der Waals surface area contributed by atoms with Crippen molar-refractivity contribution in [1.29, 1.82) is 0 Å². The smallest absolute Gasteiger partial charge is 0.262 e. The van der Waals surface area contributed by atoms with Crippen molar-refractivity contribution in [3.63, 3.8) is 0 Å². The Morgan fingerprint density at radius 2 is 2.33 bits per heavy atom. The summed E-state index contributed by atoms with van der Waals surface area (Å²) in [5, 5.41) is 2.79. The number of amides is 1. The summed E-state index contributed by atoms with van der Waals surface area (Å²) in [7, 11) is 0. The predicted molar refractivity (Wildman–Crippen MR) is 58.1 cm³/mol. The van der Waals surface area contributed by atoms with Crippen LogP contribution in [0.2, 0.25) is 0 Å². The zero-order chi connectivity index (χ0) is 10.8. The van der Waals surface area contributed by atoms with E-state index in [9.17, 15) is 4.79 Å². The highest BCUT2D eigenvalue weighted by Crippen LogP contribution is 2.33. The second-order valence-corrected chi connectivity index (χ2v) is 3.68. The van der Waals surface area contributed by atoms with Crippen molar-refractivity contribution in [2.75, 3.05) is 18.5 Å². The summed E-state index contributed by atoms with van der Waals surface area (Å²) in [6, 6.07) is 3.95. The van der Waals surface area contributed by atoms with Crippen LogP contribution in [0.3, 0.4) is 0 Å². The van der Waals surface area contributed by atoms with E-state index in [0.29, 0.717) is 6.54 Å². The maximum Gasteiger partial charge on any atom is 0.262 e. The zero-order valence-corrected chi connectivity index (χ0v) is 8.67. The lowest BCUT2D eigenvalue weighted by Crippen LogP contribution is -2.26. The second-order valence-electron chi connectivity index (χ2n) is 3.68. The van der Waals surface area contributed by atoms with Gasteiger partial charge in [0.1, 0.15) is 5.75 Å². The second kappa shape index (κ2) is 3.90. The Bertz CT molecular complexity index is 402. The summed E-state index contributed by atoms with van der Waals surface area (Å²) in [5.74, 6) is 0.664. The summed E-state index contributed by atoms with van der Waals surface area (Å²) in [6.45, 7) is 2.65. The summed E-state index contributed by atoms with van der Waals surface area (Å²) in [6.07, 6.45) is 0.764. The molecule has 0 radical (unpaired) electrons. The highest BCUT2D eigenvalue weighted by Gasteiger charge is 2.19. The number of aryl methyl sites for hydroxylation is 1. The first kappa shape index (κ1) is 9.98. The van der Waals surface area contributed by atoms with Gasteiger partial charge in [-0.1, -0.05) is 6.07 Å². The summed E-state index contributed by atoms with van der Waals surface area (Å²) in [5.41, 5.74) is 8.45. The molecular formula is C11H14N2O2. The maximum absolute atomic E-state index is 11.1. The highest BCUT2D eigenvalue weighted by molar-refractivity contribution is 5.95. The molecule has 1 aliphatic heterocycles. The lowest BCUT2D eigenvalue weighted by atomic mass is 10.0. The minimum atomic E-state index is -0.105. The number of hydrogen-bond donors (Lipinski definition) is 2. The first-order chi connectivity index (χ1) is 7.20. The van der Waals surface area contributed by atoms with E-state index in [1.54, 1.807) is 0 Å². The number of carbonyl (C=O) groups is 1. The number of nitrogens with two attached hydrogens (primary N) is 1. The number of fused-ring (bicyclic) bond motifs is 1. The van der Waals surface area contributed by atoms with E-state index in [0.717, 1.165) is 29.0 Å². The molecule has 15 heavy (non-hydrogen) atoms. The Hall–Kier alpha value is -1.55. The molecule has 0 bridgehead atoms. The molecule has 0 saturated carbocycles. The minimum absolute atomic E-state index is 0.0909. The molecule has 4 nitrogen and oxygen atoms in total. The fourth-order valence-electron chi connectivity index (χ4n) is 1.78. The minimum Gasteiger partial charge on any atom is -0.481 e. The Balaban J connectivity index is 2.44. The summed E-state index contributed by atoms with van der Waals surface area (Å²) >= 11 is 0. The van der Waals surface area contributed by atoms with Gasteiger partial charge in [-0.3, -0.25) is 4.79 Å². The van der Waals surface area contributed by atoms with Gasteiger partial charge in [-0.15, -0.1) is 0 Å². The van der Waals surface area contributed by atoms with Crippen molar-refractivity contribution < 1.29 is 9.53 Å². The van der Waals surface area contributed by atoms with Gasteiger partial charge in [0, 0.05) is 0 Å². The van der Waals surface area contributed by atoms with Crippen LogP contribution in [0, 0.1) is 6.92 Å². The van der Waals surface area contributed by atoms with Gasteiger partial charge >= 0.3 is 0 Å². The Morgan fingerprint density at radius 3 is 3.07 bits per heavy atom. The first-order valence-corrected chi connectivity index (χ1v) is 4.97. The van der Waals surface area contributed by atoms with E-state index >= 15 is 0 Å². The SMILES string of the molecule is Cc1cc(CCN)c2c(c1)NC(=O)CO2. The van der Waals surface area contributed by atoms with Crippen molar-refractivity contribution >= 4 is 11.6 Å². The van der Waals surface area contributed by atoms with E-state index in [2.05, 4.69) is 5.32 Å². The number of nitrogens with one attached hydrogen (secondary N) is 1. The molecule has 0 aliphatic carbocycles. The molecular weight excluding hydrogens is 192 g/mol. The van der Waals surface area contributed by atoms with E-state index in [1.165, 1.54) is 0 Å². The molecule has 0 unspecified atom stereocenters. The van der Waals surface area contributed by atoms with Crippen LogP contribution in [0.4, 0.5) is 5.69 Å². The third-order valence-corrected chi connectivity index (χ3v) is 2.35. The Labute approximate surface area is 88.4 Å². The van der Waals surface area contributed by atoms with Gasteiger partial charge in [-0.2, -0.15) is 0 Å². The lowest BCUT2D eigenvalue weighted by Gasteiger charge is -2.21. The summed E-state index contributed by atoms with van der Waals surface area (Å²) in [4.78, 5) is 11.1. The van der Waals surface area contributed by atoms with Crippen LogP contribution in [0.15, 0.2) is 12.1 Å². The van der Waals surface area contributed by atoms with Crippen molar-refractivity contribution in [1.82, 2.24) is 0 Å². The van der Waals surface area contributed by atoms with Crippen LogP contribution in [0.1, 0.15) is 11.1 Å². The molecule has 4 heteroatoms. The van der Waals surface area contributed by atoms with Gasteiger partial charge in [-0.25, -0.2) is 0 Å². The molecule has 1 aliphatic rings. The molecule has 3 N–H and O–H groups in total. The molecule has 1 heterocycles. The predicted octanol–water partition coefficient (Wildman–Crippen LogP) is 0.827. The number of hydrogen-bond acceptors (Lipinski definition) is 3. The monoisotopic (exact) mass is 206 g/mol. The van der Waals surface area contributed by atoms with Crippen LogP contribution in [-0.2, 0) is 11.2 Å². The number of benzene rings is 1. The van der Waals surface area contributed by atoms with E-state index in [-0.39, 0.29) is 12.5 Å².